The van der Waals surface area contributed by atoms with E-state index in [9.17, 15) is 23.5 Å². The number of halogens is 2. The average Bonchev–Trinajstić information content (AvgIpc) is 3.46. The third kappa shape index (κ3) is 6.01. The van der Waals surface area contributed by atoms with E-state index in [2.05, 4.69) is 10.2 Å². The zero-order chi connectivity index (χ0) is 30.7. The standard InChI is InChI=1S/C29H35F2N5O6S/c1-4-35-28(39)24-26(38)25(37)21(27-33-32-23(43-27)15-18-5-6-19(30)16-22(18)31)17-36(24)34(2)29(35)9-7-20(8-10-29)42-14-13-41-12-11-40-3/h5-6,16-17,20,38H,4,7-15H2,1-3H3. The highest BCUT2D eigenvalue weighted by atomic mass is 32.1. The molecule has 0 unspecified atom stereocenters. The molecule has 5 rings (SSSR count). The number of benzene rings is 1. The summed E-state index contributed by atoms with van der Waals surface area (Å²) in [6.07, 6.45) is 4.23. The Bertz CT molecular complexity index is 1520. The first-order chi connectivity index (χ1) is 20.7. The van der Waals surface area contributed by atoms with Crippen molar-refractivity contribution < 1.29 is 32.9 Å². The normalized spacial score (nSPS) is 20.2. The van der Waals surface area contributed by atoms with Gasteiger partial charge in [0.2, 0.25) is 5.43 Å². The highest BCUT2D eigenvalue weighted by Gasteiger charge is 2.51. The molecule has 0 radical (unpaired) electrons. The van der Waals surface area contributed by atoms with Crippen LogP contribution in [0.25, 0.3) is 10.6 Å². The molecular formula is C29H35F2N5O6S. The number of carbonyl (C=O) groups excluding carboxylic acids is 1. The zero-order valence-corrected chi connectivity index (χ0v) is 25.2. The van der Waals surface area contributed by atoms with Crippen molar-refractivity contribution in [3.05, 3.63) is 62.5 Å². The molecule has 0 atom stereocenters. The molecule has 1 fully saturated rings. The first-order valence-corrected chi connectivity index (χ1v) is 15.0. The lowest BCUT2D eigenvalue weighted by Crippen LogP contribution is -2.70. The third-order valence-corrected chi connectivity index (χ3v) is 9.11. The molecule has 0 saturated heterocycles. The van der Waals surface area contributed by atoms with Crippen molar-refractivity contribution in [3.63, 3.8) is 0 Å². The van der Waals surface area contributed by atoms with Gasteiger partial charge in [-0.05, 0) is 44.2 Å². The number of hydrogen-bond donors (Lipinski definition) is 1. The second-order valence-electron chi connectivity index (χ2n) is 10.6. The molecule has 2 aromatic heterocycles. The lowest BCUT2D eigenvalue weighted by molar-refractivity contribution is -0.0504. The van der Waals surface area contributed by atoms with Gasteiger partial charge in [-0.25, -0.2) is 8.78 Å². The quantitative estimate of drug-likeness (QED) is 0.323. The van der Waals surface area contributed by atoms with E-state index in [4.69, 9.17) is 14.2 Å². The van der Waals surface area contributed by atoms with Gasteiger partial charge in [0, 0.05) is 39.4 Å². The van der Waals surface area contributed by atoms with E-state index >= 15 is 0 Å². The zero-order valence-electron chi connectivity index (χ0n) is 24.3. The fourth-order valence-corrected chi connectivity index (χ4v) is 6.77. The number of carbonyl (C=O) groups is 1. The fourth-order valence-electron chi connectivity index (χ4n) is 5.90. The van der Waals surface area contributed by atoms with Gasteiger partial charge in [0.25, 0.3) is 5.91 Å². The summed E-state index contributed by atoms with van der Waals surface area (Å²) in [6.45, 7) is 4.23. The number of amides is 1. The third-order valence-electron chi connectivity index (χ3n) is 8.16. The molecule has 1 aliphatic carbocycles. The van der Waals surface area contributed by atoms with Crippen LogP contribution in [0.3, 0.4) is 0 Å². The average molecular weight is 620 g/mol. The predicted molar refractivity (Wildman–Crippen MR) is 155 cm³/mol. The molecule has 11 nitrogen and oxygen atoms in total. The van der Waals surface area contributed by atoms with E-state index < -0.39 is 34.4 Å². The van der Waals surface area contributed by atoms with E-state index in [1.165, 1.54) is 16.9 Å². The topological polar surface area (TPSA) is 119 Å². The number of aromatic hydroxyl groups is 1. The van der Waals surface area contributed by atoms with Crippen LogP contribution in [0.2, 0.25) is 0 Å². The van der Waals surface area contributed by atoms with Gasteiger partial charge in [-0.15, -0.1) is 10.2 Å². The summed E-state index contributed by atoms with van der Waals surface area (Å²) in [5.41, 5.74) is -1.26. The number of fused-ring (bicyclic) bond motifs is 1. The maximum absolute atomic E-state index is 14.2. The lowest BCUT2D eigenvalue weighted by atomic mass is 9.84. The van der Waals surface area contributed by atoms with Crippen LogP contribution in [-0.2, 0) is 20.6 Å². The van der Waals surface area contributed by atoms with Gasteiger partial charge >= 0.3 is 0 Å². The number of nitrogens with zero attached hydrogens (tertiary/aromatic N) is 5. The summed E-state index contributed by atoms with van der Waals surface area (Å²) >= 11 is 1.06. The minimum Gasteiger partial charge on any atom is -0.502 e. The number of pyridine rings is 1. The maximum atomic E-state index is 14.2. The number of ether oxygens (including phenoxy) is 3. The van der Waals surface area contributed by atoms with Gasteiger partial charge in [-0.1, -0.05) is 17.4 Å². The molecule has 1 amide bonds. The van der Waals surface area contributed by atoms with Crippen LogP contribution in [0.1, 0.15) is 53.7 Å². The van der Waals surface area contributed by atoms with Crippen LogP contribution in [0, 0.1) is 11.6 Å². The minimum absolute atomic E-state index is 0.0176. The van der Waals surface area contributed by atoms with Crippen LogP contribution < -0.4 is 10.4 Å². The lowest BCUT2D eigenvalue weighted by Gasteiger charge is -2.56. The van der Waals surface area contributed by atoms with Gasteiger partial charge in [-0.3, -0.25) is 19.3 Å². The number of hydrogen-bond acceptors (Lipinski definition) is 10. The summed E-state index contributed by atoms with van der Waals surface area (Å²) in [6, 6.07) is 3.29. The molecule has 232 valence electrons. The van der Waals surface area contributed by atoms with E-state index in [1.807, 2.05) is 19.0 Å². The molecule has 14 heteroatoms. The molecule has 1 N–H and O–H groups in total. The van der Waals surface area contributed by atoms with Gasteiger partial charge in [0.1, 0.15) is 22.3 Å². The van der Waals surface area contributed by atoms with Gasteiger partial charge in [-0.2, -0.15) is 0 Å². The van der Waals surface area contributed by atoms with Crippen molar-refractivity contribution in [2.45, 2.75) is 50.8 Å². The molecule has 1 saturated carbocycles. The van der Waals surface area contributed by atoms with Crippen LogP contribution in [-0.4, -0.2) is 89.7 Å². The molecule has 1 aliphatic heterocycles. The van der Waals surface area contributed by atoms with Crippen molar-refractivity contribution in [1.29, 1.82) is 0 Å². The van der Waals surface area contributed by atoms with Crippen LogP contribution in [0.5, 0.6) is 5.75 Å². The molecule has 3 aromatic rings. The highest BCUT2D eigenvalue weighted by molar-refractivity contribution is 7.14. The van der Waals surface area contributed by atoms with Crippen molar-refractivity contribution >= 4 is 17.2 Å². The number of rotatable bonds is 11. The largest absolute Gasteiger partial charge is 0.502 e. The van der Waals surface area contributed by atoms with E-state index in [0.717, 1.165) is 23.5 Å². The molecule has 43 heavy (non-hydrogen) atoms. The highest BCUT2D eigenvalue weighted by Crippen LogP contribution is 2.41. The van der Waals surface area contributed by atoms with Crippen LogP contribution in [0.15, 0.2) is 29.2 Å². The van der Waals surface area contributed by atoms with Gasteiger partial charge in [0.15, 0.2) is 16.5 Å². The Morgan fingerprint density at radius 3 is 2.56 bits per heavy atom. The fraction of sp³-hybridized carbons (Fsp3) is 0.517. The van der Waals surface area contributed by atoms with Crippen molar-refractivity contribution in [2.24, 2.45) is 0 Å². The Balaban J connectivity index is 1.38. The van der Waals surface area contributed by atoms with Gasteiger partial charge in [0.05, 0.1) is 38.1 Å². The van der Waals surface area contributed by atoms with Crippen LogP contribution in [0.4, 0.5) is 8.78 Å². The molecule has 2 aliphatic rings. The summed E-state index contributed by atoms with van der Waals surface area (Å²) in [5.74, 6) is -2.49. The Hall–Kier alpha value is -3.46. The van der Waals surface area contributed by atoms with Crippen molar-refractivity contribution in [3.8, 4) is 16.3 Å². The Kier molecular flexibility index (Phi) is 9.39. The minimum atomic E-state index is -0.750. The number of aromatic nitrogens is 3. The molecular weight excluding hydrogens is 584 g/mol. The first-order valence-electron chi connectivity index (χ1n) is 14.2. The van der Waals surface area contributed by atoms with Crippen molar-refractivity contribution in [1.82, 2.24) is 19.8 Å². The van der Waals surface area contributed by atoms with Crippen molar-refractivity contribution in [2.75, 3.05) is 52.1 Å². The van der Waals surface area contributed by atoms with E-state index in [1.54, 1.807) is 12.0 Å². The molecule has 1 aromatic carbocycles. The predicted octanol–water partition coefficient (Wildman–Crippen LogP) is 3.30. The van der Waals surface area contributed by atoms with Crippen LogP contribution >= 0.6 is 11.3 Å². The van der Waals surface area contributed by atoms with E-state index in [0.29, 0.717) is 63.7 Å². The molecule has 1 spiro atoms. The monoisotopic (exact) mass is 619 g/mol. The Labute approximate surface area is 251 Å². The summed E-state index contributed by atoms with van der Waals surface area (Å²) in [4.78, 5) is 28.8. The first kappa shape index (κ1) is 31.0. The summed E-state index contributed by atoms with van der Waals surface area (Å²) in [5, 5.41) is 21.7. The molecule has 0 bridgehead atoms. The second-order valence-corrected chi connectivity index (χ2v) is 11.6. The Morgan fingerprint density at radius 1 is 1.12 bits per heavy atom. The van der Waals surface area contributed by atoms with Gasteiger partial charge < -0.3 is 24.2 Å². The molecule has 3 heterocycles. The summed E-state index contributed by atoms with van der Waals surface area (Å²) < 4.78 is 45.5. The Morgan fingerprint density at radius 2 is 1.86 bits per heavy atom. The summed E-state index contributed by atoms with van der Waals surface area (Å²) in [7, 11) is 3.45. The SMILES string of the molecule is CCN1C(=O)c2c(O)c(=O)c(-c3nnc(Cc4ccc(F)cc4F)s3)cn2N(C)C12CCC(OCCOCCOC)CC2. The maximum Gasteiger partial charge on any atom is 0.278 e. The smallest absolute Gasteiger partial charge is 0.278 e. The second kappa shape index (κ2) is 13.0. The van der Waals surface area contributed by atoms with E-state index in [-0.39, 0.29) is 34.4 Å². The number of methoxy groups -OCH3 is 1.